The molecular weight excluding hydrogens is 438 g/mol. The van der Waals surface area contributed by atoms with Crippen LogP contribution < -0.4 is 5.32 Å². The summed E-state index contributed by atoms with van der Waals surface area (Å²) < 4.78 is 1.21. The van der Waals surface area contributed by atoms with Gasteiger partial charge in [-0.05, 0) is 52.9 Å². The second-order valence-electron chi connectivity index (χ2n) is 4.30. The molecule has 21 heavy (non-hydrogen) atoms. The predicted molar refractivity (Wildman–Crippen MR) is 100 cm³/mol. The molecular formula is C15H9Cl2IN2S. The second-order valence-corrected chi connectivity index (χ2v) is 7.22. The Bertz CT molecular complexity index is 772. The number of nitrogens with one attached hydrogen (secondary N) is 1. The highest BCUT2D eigenvalue weighted by molar-refractivity contribution is 14.1. The number of aromatic nitrogens is 1. The number of hydrogen-bond donors (Lipinski definition) is 1. The van der Waals surface area contributed by atoms with Gasteiger partial charge >= 0.3 is 0 Å². The van der Waals surface area contributed by atoms with Crippen molar-refractivity contribution in [2.24, 2.45) is 0 Å². The molecule has 0 spiro atoms. The van der Waals surface area contributed by atoms with E-state index < -0.39 is 0 Å². The third-order valence-corrected chi connectivity index (χ3v) is 5.03. The summed E-state index contributed by atoms with van der Waals surface area (Å²) in [7, 11) is 0. The topological polar surface area (TPSA) is 24.9 Å². The molecule has 0 unspecified atom stereocenters. The van der Waals surface area contributed by atoms with Crippen LogP contribution in [0.1, 0.15) is 0 Å². The predicted octanol–water partition coefficient (Wildman–Crippen LogP) is 6.47. The molecule has 0 amide bonds. The lowest BCUT2D eigenvalue weighted by atomic mass is 10.2. The van der Waals surface area contributed by atoms with Crippen LogP contribution in [-0.2, 0) is 0 Å². The molecule has 3 rings (SSSR count). The highest BCUT2D eigenvalue weighted by Crippen LogP contribution is 2.30. The van der Waals surface area contributed by atoms with Crippen LogP contribution in [0, 0.1) is 3.57 Å². The van der Waals surface area contributed by atoms with E-state index in [0.29, 0.717) is 10.0 Å². The summed E-state index contributed by atoms with van der Waals surface area (Å²) in [5.41, 5.74) is 2.93. The van der Waals surface area contributed by atoms with Gasteiger partial charge in [0.15, 0.2) is 5.13 Å². The number of rotatable bonds is 3. The molecule has 0 radical (unpaired) electrons. The first-order valence-corrected chi connectivity index (χ1v) is 8.77. The first-order chi connectivity index (χ1) is 10.1. The molecule has 0 saturated heterocycles. The molecule has 0 fully saturated rings. The molecule has 0 atom stereocenters. The fourth-order valence-electron chi connectivity index (χ4n) is 1.78. The summed E-state index contributed by atoms with van der Waals surface area (Å²) >= 11 is 15.8. The molecule has 0 aliphatic heterocycles. The molecule has 1 aromatic heterocycles. The van der Waals surface area contributed by atoms with E-state index in [2.05, 4.69) is 57.2 Å². The van der Waals surface area contributed by atoms with Crippen molar-refractivity contribution in [2.75, 3.05) is 5.32 Å². The fraction of sp³-hybridized carbons (Fsp3) is 0. The molecule has 1 heterocycles. The van der Waals surface area contributed by atoms with Crippen LogP contribution in [0.5, 0.6) is 0 Å². The minimum absolute atomic E-state index is 0.524. The molecule has 0 bridgehead atoms. The van der Waals surface area contributed by atoms with Crippen LogP contribution >= 0.6 is 57.1 Å². The summed E-state index contributed by atoms with van der Waals surface area (Å²) in [5, 5.41) is 7.15. The lowest BCUT2D eigenvalue weighted by molar-refractivity contribution is 1.38. The summed E-state index contributed by atoms with van der Waals surface area (Å²) in [5.74, 6) is 0. The summed E-state index contributed by atoms with van der Waals surface area (Å²) in [6.45, 7) is 0. The third kappa shape index (κ3) is 3.69. The lowest BCUT2D eigenvalue weighted by Crippen LogP contribution is -1.89. The Morgan fingerprint density at radius 1 is 1.00 bits per heavy atom. The molecule has 0 aliphatic rings. The van der Waals surface area contributed by atoms with Gasteiger partial charge < -0.3 is 5.32 Å². The fourth-order valence-corrected chi connectivity index (χ4v) is 3.18. The zero-order chi connectivity index (χ0) is 14.8. The van der Waals surface area contributed by atoms with Crippen molar-refractivity contribution in [3.63, 3.8) is 0 Å². The zero-order valence-electron chi connectivity index (χ0n) is 10.6. The van der Waals surface area contributed by atoms with Crippen LogP contribution in [0.4, 0.5) is 10.8 Å². The van der Waals surface area contributed by atoms with E-state index in [0.717, 1.165) is 22.1 Å². The summed E-state index contributed by atoms with van der Waals surface area (Å²) in [6, 6.07) is 13.7. The summed E-state index contributed by atoms with van der Waals surface area (Å²) in [6.07, 6.45) is 0. The highest BCUT2D eigenvalue weighted by atomic mass is 127. The van der Waals surface area contributed by atoms with E-state index in [-0.39, 0.29) is 0 Å². The van der Waals surface area contributed by atoms with E-state index in [4.69, 9.17) is 23.2 Å². The smallest absolute Gasteiger partial charge is 0.187 e. The van der Waals surface area contributed by atoms with Crippen molar-refractivity contribution in [1.82, 2.24) is 4.98 Å². The number of benzene rings is 2. The van der Waals surface area contributed by atoms with Gasteiger partial charge in [0.25, 0.3) is 0 Å². The number of nitrogens with zero attached hydrogens (tertiary/aromatic N) is 1. The van der Waals surface area contributed by atoms with Gasteiger partial charge in [-0.3, -0.25) is 0 Å². The molecule has 3 aromatic rings. The van der Waals surface area contributed by atoms with E-state index >= 15 is 0 Å². The minimum atomic E-state index is 0.524. The van der Waals surface area contributed by atoms with Gasteiger partial charge in [0, 0.05) is 20.2 Å². The number of thiazole rings is 1. The average Bonchev–Trinajstić information content (AvgIpc) is 2.92. The largest absolute Gasteiger partial charge is 0.331 e. The average molecular weight is 447 g/mol. The number of anilines is 2. The zero-order valence-corrected chi connectivity index (χ0v) is 15.1. The second kappa shape index (κ2) is 6.52. The highest BCUT2D eigenvalue weighted by Gasteiger charge is 2.06. The van der Waals surface area contributed by atoms with Crippen LogP contribution in [0.3, 0.4) is 0 Å². The Morgan fingerprint density at radius 3 is 2.48 bits per heavy atom. The monoisotopic (exact) mass is 446 g/mol. The van der Waals surface area contributed by atoms with Crippen molar-refractivity contribution < 1.29 is 0 Å². The SMILES string of the molecule is Clc1ccc(Nc2nc(-c3ccc(I)cc3)cs2)cc1Cl. The Hall–Kier alpha value is -0.820. The summed E-state index contributed by atoms with van der Waals surface area (Å²) in [4.78, 5) is 4.59. The lowest BCUT2D eigenvalue weighted by Gasteiger charge is -2.03. The van der Waals surface area contributed by atoms with Gasteiger partial charge in [-0.15, -0.1) is 11.3 Å². The van der Waals surface area contributed by atoms with Crippen molar-refractivity contribution in [2.45, 2.75) is 0 Å². The van der Waals surface area contributed by atoms with Gasteiger partial charge in [-0.25, -0.2) is 4.98 Å². The Morgan fingerprint density at radius 2 is 1.76 bits per heavy atom. The molecule has 6 heteroatoms. The van der Waals surface area contributed by atoms with E-state index in [9.17, 15) is 0 Å². The van der Waals surface area contributed by atoms with Crippen molar-refractivity contribution >= 4 is 67.9 Å². The molecule has 0 aliphatic carbocycles. The van der Waals surface area contributed by atoms with Gasteiger partial charge in [0.2, 0.25) is 0 Å². The molecule has 2 nitrogen and oxygen atoms in total. The van der Waals surface area contributed by atoms with Crippen molar-refractivity contribution in [3.05, 3.63) is 61.5 Å². The first-order valence-electron chi connectivity index (χ1n) is 6.05. The molecule has 1 N–H and O–H groups in total. The van der Waals surface area contributed by atoms with Crippen molar-refractivity contribution in [3.8, 4) is 11.3 Å². The first kappa shape index (κ1) is 15.1. The minimum Gasteiger partial charge on any atom is -0.331 e. The van der Waals surface area contributed by atoms with Crippen LogP contribution in [0.25, 0.3) is 11.3 Å². The Balaban J connectivity index is 1.81. The van der Waals surface area contributed by atoms with E-state index in [1.165, 1.54) is 3.57 Å². The van der Waals surface area contributed by atoms with Gasteiger partial charge in [0.05, 0.1) is 15.7 Å². The van der Waals surface area contributed by atoms with Gasteiger partial charge in [0.1, 0.15) is 0 Å². The van der Waals surface area contributed by atoms with Crippen LogP contribution in [0.15, 0.2) is 47.8 Å². The maximum atomic E-state index is 6.01. The van der Waals surface area contributed by atoms with Gasteiger partial charge in [-0.2, -0.15) is 0 Å². The Labute approximate surface area is 150 Å². The maximum absolute atomic E-state index is 6.01. The molecule has 0 saturated carbocycles. The number of halogens is 3. The normalized spacial score (nSPS) is 10.6. The van der Waals surface area contributed by atoms with Crippen molar-refractivity contribution in [1.29, 1.82) is 0 Å². The van der Waals surface area contributed by atoms with E-state index in [1.807, 2.05) is 11.4 Å². The third-order valence-electron chi connectivity index (χ3n) is 2.82. The standard InChI is InChI=1S/C15H9Cl2IN2S/c16-12-6-5-11(7-13(12)17)19-15-20-14(8-21-15)9-1-3-10(18)4-2-9/h1-8H,(H,19,20). The Kier molecular flexibility index (Phi) is 4.69. The maximum Gasteiger partial charge on any atom is 0.187 e. The van der Waals surface area contributed by atoms with E-state index in [1.54, 1.807) is 23.5 Å². The number of hydrogen-bond acceptors (Lipinski definition) is 3. The van der Waals surface area contributed by atoms with Crippen LogP contribution in [0.2, 0.25) is 10.0 Å². The molecule has 106 valence electrons. The molecule has 2 aromatic carbocycles. The van der Waals surface area contributed by atoms with Crippen LogP contribution in [-0.4, -0.2) is 4.98 Å². The van der Waals surface area contributed by atoms with Gasteiger partial charge in [-0.1, -0.05) is 35.3 Å². The quantitative estimate of drug-likeness (QED) is 0.466.